The average Bonchev–Trinajstić information content (AvgIpc) is 2.65. The number of ether oxygens (including phenoxy) is 4. The summed E-state index contributed by atoms with van der Waals surface area (Å²) in [6, 6.07) is 0. The summed E-state index contributed by atoms with van der Waals surface area (Å²) in [6.45, 7) is 3.35. The van der Waals surface area contributed by atoms with Gasteiger partial charge in [-0.1, -0.05) is 0 Å². The van der Waals surface area contributed by atoms with E-state index in [2.05, 4.69) is 0 Å². The molecular weight excluding hydrogens is 204 g/mol. The second-order valence-corrected chi connectivity index (χ2v) is 4.54. The van der Waals surface area contributed by atoms with E-state index in [9.17, 15) is 9.90 Å². The van der Waals surface area contributed by atoms with E-state index in [1.165, 1.54) is 0 Å². The van der Waals surface area contributed by atoms with Gasteiger partial charge in [0, 0.05) is 0 Å². The van der Waals surface area contributed by atoms with Gasteiger partial charge in [0.2, 0.25) is 0 Å². The van der Waals surface area contributed by atoms with Crippen LogP contribution < -0.4 is 0 Å². The van der Waals surface area contributed by atoms with Crippen LogP contribution in [0.3, 0.4) is 0 Å². The summed E-state index contributed by atoms with van der Waals surface area (Å²) in [7, 11) is 0. The standard InChI is InChI=1S/C9H12O6/c1-8(2)14-5-7(15-8)13-4-6(10)12-3-9(4,5)11/h4-5,7,11H,3H2,1-2H3/t4-,5+,7-,9-/m1/s1. The zero-order valence-corrected chi connectivity index (χ0v) is 8.43. The van der Waals surface area contributed by atoms with E-state index in [1.54, 1.807) is 13.8 Å². The zero-order chi connectivity index (χ0) is 10.8. The molecule has 3 fully saturated rings. The molecule has 0 aromatic rings. The Balaban J connectivity index is 1.92. The molecule has 3 aliphatic rings. The maximum absolute atomic E-state index is 11.2. The first-order chi connectivity index (χ1) is 6.92. The molecule has 3 aliphatic heterocycles. The van der Waals surface area contributed by atoms with E-state index in [-0.39, 0.29) is 6.61 Å². The quantitative estimate of drug-likeness (QED) is 0.532. The maximum atomic E-state index is 11.2. The van der Waals surface area contributed by atoms with Crippen LogP contribution >= 0.6 is 0 Å². The molecule has 0 aromatic carbocycles. The van der Waals surface area contributed by atoms with Crippen molar-refractivity contribution >= 4 is 5.97 Å². The second kappa shape index (κ2) is 2.52. The molecule has 3 saturated heterocycles. The first-order valence-electron chi connectivity index (χ1n) is 4.82. The number of carbonyl (C=O) groups excluding carboxylic acids is 1. The van der Waals surface area contributed by atoms with Crippen molar-refractivity contribution in [2.75, 3.05) is 6.61 Å². The van der Waals surface area contributed by atoms with Crippen molar-refractivity contribution in [2.45, 2.75) is 43.7 Å². The highest BCUT2D eigenvalue weighted by atomic mass is 16.8. The Morgan fingerprint density at radius 2 is 2.13 bits per heavy atom. The minimum Gasteiger partial charge on any atom is -0.460 e. The van der Waals surface area contributed by atoms with Gasteiger partial charge in [-0.2, -0.15) is 0 Å². The minimum absolute atomic E-state index is 0.100. The molecule has 0 bridgehead atoms. The van der Waals surface area contributed by atoms with Crippen LogP contribution in [0.25, 0.3) is 0 Å². The van der Waals surface area contributed by atoms with Gasteiger partial charge in [-0.25, -0.2) is 4.79 Å². The number of hydrogen-bond acceptors (Lipinski definition) is 6. The van der Waals surface area contributed by atoms with Crippen molar-refractivity contribution < 1.29 is 28.8 Å². The highest BCUT2D eigenvalue weighted by molar-refractivity contribution is 5.79. The molecular formula is C9H12O6. The lowest BCUT2D eigenvalue weighted by molar-refractivity contribution is -0.221. The van der Waals surface area contributed by atoms with E-state index in [0.717, 1.165) is 0 Å². The molecule has 0 aromatic heterocycles. The van der Waals surface area contributed by atoms with E-state index >= 15 is 0 Å². The number of aliphatic hydroxyl groups is 1. The van der Waals surface area contributed by atoms with Gasteiger partial charge in [-0.3, -0.25) is 0 Å². The van der Waals surface area contributed by atoms with Crippen molar-refractivity contribution in [1.29, 1.82) is 0 Å². The summed E-state index contributed by atoms with van der Waals surface area (Å²) < 4.78 is 21.0. The lowest BCUT2D eigenvalue weighted by Crippen LogP contribution is -2.49. The fourth-order valence-corrected chi connectivity index (χ4v) is 2.25. The Hall–Kier alpha value is -0.690. The SMILES string of the molecule is CC1(C)O[C@H]2O[C@@H]3C(=O)OC[C@]3(O)[C@H]2O1. The van der Waals surface area contributed by atoms with Crippen LogP contribution in [0.2, 0.25) is 0 Å². The van der Waals surface area contributed by atoms with E-state index in [1.807, 2.05) is 0 Å². The zero-order valence-electron chi connectivity index (χ0n) is 8.43. The number of hydrogen-bond donors (Lipinski definition) is 1. The number of cyclic esters (lactones) is 1. The minimum atomic E-state index is -1.41. The first kappa shape index (κ1) is 9.53. The van der Waals surface area contributed by atoms with Gasteiger partial charge in [0.05, 0.1) is 0 Å². The summed E-state index contributed by atoms with van der Waals surface area (Å²) in [4.78, 5) is 11.2. The molecule has 6 nitrogen and oxygen atoms in total. The van der Waals surface area contributed by atoms with Crippen molar-refractivity contribution in [3.8, 4) is 0 Å². The van der Waals surface area contributed by atoms with Crippen molar-refractivity contribution in [3.63, 3.8) is 0 Å². The largest absolute Gasteiger partial charge is 0.460 e. The molecule has 3 rings (SSSR count). The Bertz CT molecular complexity index is 327. The third-order valence-electron chi connectivity index (χ3n) is 2.93. The normalized spacial score (nSPS) is 51.4. The Morgan fingerprint density at radius 3 is 2.87 bits per heavy atom. The summed E-state index contributed by atoms with van der Waals surface area (Å²) in [5.41, 5.74) is -1.41. The van der Waals surface area contributed by atoms with E-state index in [0.29, 0.717) is 0 Å². The van der Waals surface area contributed by atoms with Crippen molar-refractivity contribution in [2.24, 2.45) is 0 Å². The maximum Gasteiger partial charge on any atom is 0.338 e. The third-order valence-corrected chi connectivity index (χ3v) is 2.93. The summed E-state index contributed by atoms with van der Waals surface area (Å²) in [6.07, 6.45) is -2.34. The fourth-order valence-electron chi connectivity index (χ4n) is 2.25. The van der Waals surface area contributed by atoms with Crippen molar-refractivity contribution in [3.05, 3.63) is 0 Å². The summed E-state index contributed by atoms with van der Waals surface area (Å²) in [5.74, 6) is -1.36. The van der Waals surface area contributed by atoms with Gasteiger partial charge < -0.3 is 24.1 Å². The first-order valence-corrected chi connectivity index (χ1v) is 4.82. The molecule has 0 radical (unpaired) electrons. The lowest BCUT2D eigenvalue weighted by atomic mass is 9.96. The van der Waals surface area contributed by atoms with Crippen LogP contribution in [0.5, 0.6) is 0 Å². The van der Waals surface area contributed by atoms with Crippen molar-refractivity contribution in [1.82, 2.24) is 0 Å². The van der Waals surface area contributed by atoms with Crippen LogP contribution in [0.4, 0.5) is 0 Å². The highest BCUT2D eigenvalue weighted by Gasteiger charge is 2.69. The molecule has 0 amide bonds. The monoisotopic (exact) mass is 216 g/mol. The van der Waals surface area contributed by atoms with Gasteiger partial charge in [0.25, 0.3) is 0 Å². The van der Waals surface area contributed by atoms with Gasteiger partial charge in [0.1, 0.15) is 12.7 Å². The molecule has 84 valence electrons. The molecule has 1 N–H and O–H groups in total. The smallest absolute Gasteiger partial charge is 0.338 e. The second-order valence-electron chi connectivity index (χ2n) is 4.54. The lowest BCUT2D eigenvalue weighted by Gasteiger charge is -2.25. The van der Waals surface area contributed by atoms with Gasteiger partial charge >= 0.3 is 5.97 Å². The molecule has 4 atom stereocenters. The molecule has 3 heterocycles. The molecule has 0 spiro atoms. The third kappa shape index (κ3) is 1.10. The predicted octanol–water partition coefficient (Wildman–Crippen LogP) is -0.849. The van der Waals surface area contributed by atoms with Crippen LogP contribution in [0, 0.1) is 0 Å². The topological polar surface area (TPSA) is 74.2 Å². The van der Waals surface area contributed by atoms with Gasteiger partial charge in [0.15, 0.2) is 23.8 Å². The molecule has 0 unspecified atom stereocenters. The number of esters is 1. The highest BCUT2D eigenvalue weighted by Crippen LogP contribution is 2.45. The molecule has 6 heteroatoms. The van der Waals surface area contributed by atoms with Crippen LogP contribution in [0.15, 0.2) is 0 Å². The fraction of sp³-hybridized carbons (Fsp3) is 0.889. The number of rotatable bonds is 0. The summed E-state index contributed by atoms with van der Waals surface area (Å²) in [5, 5.41) is 10.2. The molecule has 15 heavy (non-hydrogen) atoms. The summed E-state index contributed by atoms with van der Waals surface area (Å²) >= 11 is 0. The average molecular weight is 216 g/mol. The van der Waals surface area contributed by atoms with Crippen LogP contribution in [0.1, 0.15) is 13.8 Å². The number of carbonyl (C=O) groups is 1. The Labute approximate surface area is 86.1 Å². The Kier molecular flexibility index (Phi) is 1.60. The van der Waals surface area contributed by atoms with Crippen LogP contribution in [-0.4, -0.2) is 47.6 Å². The van der Waals surface area contributed by atoms with Crippen LogP contribution in [-0.2, 0) is 23.7 Å². The van der Waals surface area contributed by atoms with Gasteiger partial charge in [-0.05, 0) is 13.8 Å². The van der Waals surface area contributed by atoms with E-state index in [4.69, 9.17) is 18.9 Å². The Morgan fingerprint density at radius 1 is 1.40 bits per heavy atom. The predicted molar refractivity (Wildman–Crippen MR) is 44.6 cm³/mol. The van der Waals surface area contributed by atoms with Gasteiger partial charge in [-0.15, -0.1) is 0 Å². The van der Waals surface area contributed by atoms with E-state index < -0.39 is 35.9 Å². The molecule has 0 aliphatic carbocycles. The number of fused-ring (bicyclic) bond motifs is 3. The molecule has 0 saturated carbocycles.